The molecular formula is C11H20N2O2S. The van der Waals surface area contributed by atoms with E-state index in [-0.39, 0.29) is 12.0 Å². The Balaban J connectivity index is 2.43. The van der Waals surface area contributed by atoms with Crippen molar-refractivity contribution < 1.29 is 9.53 Å². The maximum absolute atomic E-state index is 11.4. The molecule has 1 N–H and O–H groups in total. The zero-order valence-corrected chi connectivity index (χ0v) is 11.1. The minimum Gasteiger partial charge on any atom is -0.464 e. The molecule has 0 saturated heterocycles. The van der Waals surface area contributed by atoms with Crippen LogP contribution in [0.2, 0.25) is 0 Å². The molecule has 0 radical (unpaired) electrons. The van der Waals surface area contributed by atoms with Crippen LogP contribution >= 0.6 is 11.8 Å². The Kier molecular flexibility index (Phi) is 5.12. The number of nitrogens with zero attached hydrogens (tertiary/aromatic N) is 1. The number of hydrogen-bond acceptors (Lipinski definition) is 5. The van der Waals surface area contributed by atoms with Gasteiger partial charge in [-0.2, -0.15) is 0 Å². The van der Waals surface area contributed by atoms with Crippen molar-refractivity contribution in [3.8, 4) is 0 Å². The summed E-state index contributed by atoms with van der Waals surface area (Å²) in [6, 6.07) is 0.0407. The molecule has 0 saturated carbocycles. The fourth-order valence-electron chi connectivity index (χ4n) is 1.32. The van der Waals surface area contributed by atoms with Crippen LogP contribution in [0.25, 0.3) is 0 Å². The van der Waals surface area contributed by atoms with E-state index in [4.69, 9.17) is 4.74 Å². The van der Waals surface area contributed by atoms with Crippen molar-refractivity contribution in [2.45, 2.75) is 39.8 Å². The Morgan fingerprint density at radius 2 is 2.31 bits per heavy atom. The lowest BCUT2D eigenvalue weighted by Crippen LogP contribution is -2.37. The van der Waals surface area contributed by atoms with Crippen LogP contribution < -0.4 is 5.32 Å². The number of carbonyl (C=O) groups excluding carboxylic acids is 1. The Bertz CT molecular complexity index is 279. The zero-order valence-electron chi connectivity index (χ0n) is 10.3. The molecule has 5 heteroatoms. The highest BCUT2D eigenvalue weighted by Gasteiger charge is 2.23. The molecule has 0 aliphatic carbocycles. The first kappa shape index (κ1) is 13.4. The third-order valence-corrected chi connectivity index (χ3v) is 3.43. The second-order valence-corrected chi connectivity index (χ2v) is 5.18. The van der Waals surface area contributed by atoms with Crippen LogP contribution in [-0.2, 0) is 9.53 Å². The van der Waals surface area contributed by atoms with Gasteiger partial charge in [-0.25, -0.2) is 4.79 Å². The first-order valence-electron chi connectivity index (χ1n) is 5.68. The van der Waals surface area contributed by atoms with Crippen LogP contribution in [0, 0.1) is 5.92 Å². The van der Waals surface area contributed by atoms with Crippen LogP contribution in [0.15, 0.2) is 4.99 Å². The van der Waals surface area contributed by atoms with Crippen LogP contribution in [0.3, 0.4) is 0 Å². The number of aliphatic imine (C=N–C) groups is 1. The summed E-state index contributed by atoms with van der Waals surface area (Å²) in [5.74, 6) is 1.32. The van der Waals surface area contributed by atoms with Gasteiger partial charge in [0.15, 0.2) is 5.17 Å². The van der Waals surface area contributed by atoms with Gasteiger partial charge in [-0.1, -0.05) is 25.6 Å². The summed E-state index contributed by atoms with van der Waals surface area (Å²) in [7, 11) is 0. The third-order valence-electron chi connectivity index (χ3n) is 2.42. The molecule has 0 aromatic carbocycles. The SMILES string of the molecule is CCOC(=O)C(C)NC1=N[C@@H](C(C)C)CS1. The average Bonchev–Trinajstić information content (AvgIpc) is 2.66. The molecule has 1 aliphatic rings. The van der Waals surface area contributed by atoms with E-state index in [2.05, 4.69) is 24.2 Å². The molecule has 0 spiro atoms. The van der Waals surface area contributed by atoms with Gasteiger partial charge in [-0.15, -0.1) is 0 Å². The first-order valence-corrected chi connectivity index (χ1v) is 6.67. The molecule has 1 rings (SSSR count). The molecule has 0 amide bonds. The molecule has 0 aromatic rings. The minimum atomic E-state index is -0.322. The Hall–Kier alpha value is -0.710. The van der Waals surface area contributed by atoms with E-state index < -0.39 is 0 Å². The van der Waals surface area contributed by atoms with Crippen LogP contribution in [0.1, 0.15) is 27.7 Å². The number of ether oxygens (including phenoxy) is 1. The summed E-state index contributed by atoms with van der Waals surface area (Å²) >= 11 is 1.67. The van der Waals surface area contributed by atoms with Gasteiger partial charge in [0.25, 0.3) is 0 Å². The summed E-state index contributed by atoms with van der Waals surface area (Å²) < 4.78 is 4.92. The molecular weight excluding hydrogens is 224 g/mol. The zero-order chi connectivity index (χ0) is 12.1. The minimum absolute atomic E-state index is 0.223. The third kappa shape index (κ3) is 3.70. The molecule has 0 aromatic heterocycles. The number of rotatable bonds is 4. The van der Waals surface area contributed by atoms with E-state index in [0.29, 0.717) is 18.6 Å². The standard InChI is InChI=1S/C11H20N2O2S/c1-5-15-10(14)8(4)12-11-13-9(6-16-11)7(2)3/h7-9H,5-6H2,1-4H3,(H,12,13)/t8?,9-/m1/s1. The molecule has 2 atom stereocenters. The summed E-state index contributed by atoms with van der Waals surface area (Å²) in [6.07, 6.45) is 0. The summed E-state index contributed by atoms with van der Waals surface area (Å²) in [5, 5.41) is 3.95. The highest BCUT2D eigenvalue weighted by molar-refractivity contribution is 8.14. The van der Waals surface area contributed by atoms with Crippen molar-refractivity contribution >= 4 is 22.9 Å². The second-order valence-electron chi connectivity index (χ2n) is 4.17. The number of amidine groups is 1. The summed E-state index contributed by atoms with van der Waals surface area (Å²) in [4.78, 5) is 15.9. The molecule has 0 fully saturated rings. The monoisotopic (exact) mass is 244 g/mol. The van der Waals surface area contributed by atoms with Gasteiger partial charge >= 0.3 is 5.97 Å². The fourth-order valence-corrected chi connectivity index (χ4v) is 2.58. The predicted molar refractivity (Wildman–Crippen MR) is 67.7 cm³/mol. The van der Waals surface area contributed by atoms with E-state index in [0.717, 1.165) is 10.9 Å². The Morgan fingerprint density at radius 1 is 1.62 bits per heavy atom. The fraction of sp³-hybridized carbons (Fsp3) is 0.818. The van der Waals surface area contributed by atoms with Crippen molar-refractivity contribution in [3.05, 3.63) is 0 Å². The predicted octanol–water partition coefficient (Wildman–Crippen LogP) is 1.66. The number of hydrogen-bond donors (Lipinski definition) is 1. The highest BCUT2D eigenvalue weighted by Crippen LogP contribution is 2.22. The molecule has 1 heterocycles. The quantitative estimate of drug-likeness (QED) is 0.764. The Morgan fingerprint density at radius 3 is 2.81 bits per heavy atom. The van der Waals surface area contributed by atoms with Crippen LogP contribution in [0.5, 0.6) is 0 Å². The van der Waals surface area contributed by atoms with Crippen LogP contribution in [-0.4, -0.2) is 35.6 Å². The van der Waals surface area contributed by atoms with Crippen molar-refractivity contribution in [1.29, 1.82) is 0 Å². The smallest absolute Gasteiger partial charge is 0.328 e. The van der Waals surface area contributed by atoms with E-state index in [1.165, 1.54) is 0 Å². The lowest BCUT2D eigenvalue weighted by molar-refractivity contribution is -0.144. The lowest BCUT2D eigenvalue weighted by Gasteiger charge is -2.12. The van der Waals surface area contributed by atoms with E-state index in [1.807, 2.05) is 0 Å². The van der Waals surface area contributed by atoms with Crippen molar-refractivity contribution in [2.24, 2.45) is 10.9 Å². The number of nitrogens with one attached hydrogen (secondary N) is 1. The van der Waals surface area contributed by atoms with E-state index >= 15 is 0 Å². The summed E-state index contributed by atoms with van der Waals surface area (Å²) in [5.41, 5.74) is 0. The van der Waals surface area contributed by atoms with Crippen LogP contribution in [0.4, 0.5) is 0 Å². The number of thioether (sulfide) groups is 1. The van der Waals surface area contributed by atoms with Gasteiger partial charge in [0.2, 0.25) is 0 Å². The number of carbonyl (C=O) groups is 1. The number of esters is 1. The molecule has 92 valence electrons. The van der Waals surface area contributed by atoms with Gasteiger partial charge in [-0.05, 0) is 19.8 Å². The second kappa shape index (κ2) is 6.13. The first-order chi connectivity index (χ1) is 7.54. The maximum atomic E-state index is 11.4. The topological polar surface area (TPSA) is 50.7 Å². The molecule has 4 nitrogen and oxygen atoms in total. The lowest BCUT2D eigenvalue weighted by atomic mass is 10.1. The largest absolute Gasteiger partial charge is 0.464 e. The summed E-state index contributed by atoms with van der Waals surface area (Å²) in [6.45, 7) is 8.34. The van der Waals surface area contributed by atoms with Gasteiger partial charge in [0, 0.05) is 5.75 Å². The highest BCUT2D eigenvalue weighted by atomic mass is 32.2. The normalized spacial score (nSPS) is 21.8. The van der Waals surface area contributed by atoms with Gasteiger partial charge in [-0.3, -0.25) is 4.99 Å². The van der Waals surface area contributed by atoms with Crippen molar-refractivity contribution in [1.82, 2.24) is 5.32 Å². The Labute approximate surface area is 101 Å². The van der Waals surface area contributed by atoms with E-state index in [1.54, 1.807) is 25.6 Å². The molecule has 1 unspecified atom stereocenters. The van der Waals surface area contributed by atoms with Crippen molar-refractivity contribution in [2.75, 3.05) is 12.4 Å². The van der Waals surface area contributed by atoms with Gasteiger partial charge < -0.3 is 10.1 Å². The van der Waals surface area contributed by atoms with Crippen molar-refractivity contribution in [3.63, 3.8) is 0 Å². The van der Waals surface area contributed by atoms with E-state index in [9.17, 15) is 4.79 Å². The van der Waals surface area contributed by atoms with Gasteiger partial charge in [0.1, 0.15) is 6.04 Å². The average molecular weight is 244 g/mol. The molecule has 1 aliphatic heterocycles. The van der Waals surface area contributed by atoms with Gasteiger partial charge in [0.05, 0.1) is 12.6 Å². The molecule has 0 bridgehead atoms. The maximum Gasteiger partial charge on any atom is 0.328 e. The molecule has 16 heavy (non-hydrogen) atoms.